The molecular formula is C18H25N3O4. The van der Waals surface area contributed by atoms with Crippen LogP contribution in [0.2, 0.25) is 0 Å². The van der Waals surface area contributed by atoms with Gasteiger partial charge >= 0.3 is 5.97 Å². The van der Waals surface area contributed by atoms with E-state index in [2.05, 4.69) is 15.5 Å². The Kier molecular flexibility index (Phi) is 7.40. The summed E-state index contributed by atoms with van der Waals surface area (Å²) in [5.41, 5.74) is 1.07. The molecule has 0 aliphatic carbocycles. The summed E-state index contributed by atoms with van der Waals surface area (Å²) in [6, 6.07) is 6.56. The van der Waals surface area contributed by atoms with E-state index in [1.807, 2.05) is 0 Å². The summed E-state index contributed by atoms with van der Waals surface area (Å²) in [5, 5.41) is 13.9. The fraction of sp³-hybridized carbons (Fsp3) is 0.500. The van der Waals surface area contributed by atoms with E-state index in [1.54, 1.807) is 24.3 Å². The summed E-state index contributed by atoms with van der Waals surface area (Å²) in [4.78, 5) is 36.6. The number of carbonyl (C=O) groups excluding carboxylic acids is 2. The van der Waals surface area contributed by atoms with Gasteiger partial charge in [0, 0.05) is 17.8 Å². The molecule has 3 N–H and O–H groups in total. The van der Waals surface area contributed by atoms with Gasteiger partial charge in [-0.05, 0) is 50.2 Å². The molecule has 0 saturated carbocycles. The van der Waals surface area contributed by atoms with Crippen molar-refractivity contribution in [1.29, 1.82) is 0 Å². The number of nitrogens with zero attached hydrogens (tertiary/aromatic N) is 1. The molecule has 136 valence electrons. The van der Waals surface area contributed by atoms with Crippen molar-refractivity contribution in [2.45, 2.75) is 32.1 Å². The molecule has 2 amide bonds. The van der Waals surface area contributed by atoms with E-state index in [4.69, 9.17) is 5.11 Å². The number of hydrogen-bond acceptors (Lipinski definition) is 4. The number of hydrogen-bond donors (Lipinski definition) is 3. The lowest BCUT2D eigenvalue weighted by molar-refractivity contribution is -0.136. The van der Waals surface area contributed by atoms with Crippen molar-refractivity contribution >= 4 is 23.5 Å². The van der Waals surface area contributed by atoms with E-state index in [1.165, 1.54) is 12.8 Å². The van der Waals surface area contributed by atoms with E-state index in [0.717, 1.165) is 25.9 Å². The number of likely N-dealkylation sites (tertiary alicyclic amines) is 1. The molecule has 1 fully saturated rings. The van der Waals surface area contributed by atoms with Crippen LogP contribution in [-0.2, 0) is 9.59 Å². The first-order chi connectivity index (χ1) is 12.0. The fourth-order valence-corrected chi connectivity index (χ4v) is 2.79. The van der Waals surface area contributed by atoms with Crippen molar-refractivity contribution in [2.24, 2.45) is 0 Å². The molecule has 0 bridgehead atoms. The monoisotopic (exact) mass is 347 g/mol. The number of amides is 2. The Morgan fingerprint density at radius 3 is 2.24 bits per heavy atom. The molecule has 1 aromatic carbocycles. The van der Waals surface area contributed by atoms with E-state index in [0.29, 0.717) is 17.8 Å². The Balaban J connectivity index is 1.79. The van der Waals surface area contributed by atoms with Gasteiger partial charge in [-0.25, -0.2) is 0 Å². The minimum atomic E-state index is -0.956. The van der Waals surface area contributed by atoms with Crippen molar-refractivity contribution in [1.82, 2.24) is 10.2 Å². The summed E-state index contributed by atoms with van der Waals surface area (Å²) in [6.07, 6.45) is 4.62. The molecule has 1 saturated heterocycles. The second-order valence-electron chi connectivity index (χ2n) is 6.22. The van der Waals surface area contributed by atoms with E-state index >= 15 is 0 Å². The normalized spacial score (nSPS) is 15.2. The standard InChI is InChI=1S/C18H25N3O4/c22-16(13-21-11-3-1-2-4-12-21)20-15-7-5-14(6-8-15)18(25)19-10-9-17(23)24/h5-8H,1-4,9-13H2,(H,19,25)(H,20,22)(H,23,24). The zero-order chi connectivity index (χ0) is 18.1. The van der Waals surface area contributed by atoms with Gasteiger partial charge in [0.05, 0.1) is 13.0 Å². The second kappa shape index (κ2) is 9.78. The number of benzene rings is 1. The first-order valence-electron chi connectivity index (χ1n) is 8.67. The van der Waals surface area contributed by atoms with Crippen molar-refractivity contribution < 1.29 is 19.5 Å². The Labute approximate surface area is 147 Å². The summed E-state index contributed by atoms with van der Waals surface area (Å²) in [6.45, 7) is 2.39. The van der Waals surface area contributed by atoms with Crippen LogP contribution in [0.4, 0.5) is 5.69 Å². The third-order valence-electron chi connectivity index (χ3n) is 4.12. The Morgan fingerprint density at radius 1 is 1.00 bits per heavy atom. The third-order valence-corrected chi connectivity index (χ3v) is 4.12. The molecule has 0 radical (unpaired) electrons. The lowest BCUT2D eigenvalue weighted by atomic mass is 10.2. The zero-order valence-corrected chi connectivity index (χ0v) is 14.3. The van der Waals surface area contributed by atoms with Gasteiger partial charge in [-0.3, -0.25) is 19.3 Å². The topological polar surface area (TPSA) is 98.7 Å². The second-order valence-corrected chi connectivity index (χ2v) is 6.22. The maximum absolute atomic E-state index is 12.1. The quantitative estimate of drug-likeness (QED) is 0.697. The third kappa shape index (κ3) is 6.93. The number of anilines is 1. The van der Waals surface area contributed by atoms with Crippen LogP contribution in [0.1, 0.15) is 42.5 Å². The molecule has 1 aromatic rings. The fourth-order valence-electron chi connectivity index (χ4n) is 2.79. The van der Waals surface area contributed by atoms with Gasteiger partial charge in [-0.15, -0.1) is 0 Å². The largest absolute Gasteiger partial charge is 0.481 e. The number of nitrogens with one attached hydrogen (secondary N) is 2. The van der Waals surface area contributed by atoms with Gasteiger partial charge in [0.2, 0.25) is 5.91 Å². The van der Waals surface area contributed by atoms with Crippen molar-refractivity contribution in [3.8, 4) is 0 Å². The number of carbonyl (C=O) groups is 3. The average Bonchev–Trinajstić information content (AvgIpc) is 2.83. The van der Waals surface area contributed by atoms with Crippen LogP contribution in [0, 0.1) is 0 Å². The van der Waals surface area contributed by atoms with Crippen LogP contribution < -0.4 is 10.6 Å². The van der Waals surface area contributed by atoms with Gasteiger partial charge in [0.1, 0.15) is 0 Å². The molecule has 25 heavy (non-hydrogen) atoms. The molecule has 1 heterocycles. The summed E-state index contributed by atoms with van der Waals surface area (Å²) in [7, 11) is 0. The van der Waals surface area contributed by atoms with Gasteiger partial charge in [0.25, 0.3) is 5.91 Å². The maximum Gasteiger partial charge on any atom is 0.305 e. The number of rotatable bonds is 7. The SMILES string of the molecule is O=C(O)CCNC(=O)c1ccc(NC(=O)CN2CCCCCC2)cc1. The van der Waals surface area contributed by atoms with Gasteiger partial charge in [-0.2, -0.15) is 0 Å². The van der Waals surface area contributed by atoms with Crippen LogP contribution in [0.25, 0.3) is 0 Å². The van der Waals surface area contributed by atoms with Crippen molar-refractivity contribution in [3.63, 3.8) is 0 Å². The van der Waals surface area contributed by atoms with Gasteiger partial charge in [-0.1, -0.05) is 12.8 Å². The minimum absolute atomic E-state index is 0.0550. The van der Waals surface area contributed by atoms with Crippen LogP contribution in [0.3, 0.4) is 0 Å². The maximum atomic E-state index is 12.1. The highest BCUT2D eigenvalue weighted by molar-refractivity contribution is 5.96. The Morgan fingerprint density at radius 2 is 1.64 bits per heavy atom. The van der Waals surface area contributed by atoms with E-state index < -0.39 is 5.97 Å². The first-order valence-corrected chi connectivity index (χ1v) is 8.67. The summed E-state index contributed by atoms with van der Waals surface area (Å²) >= 11 is 0. The highest BCUT2D eigenvalue weighted by Gasteiger charge is 2.13. The minimum Gasteiger partial charge on any atom is -0.481 e. The van der Waals surface area contributed by atoms with Crippen LogP contribution >= 0.6 is 0 Å². The van der Waals surface area contributed by atoms with Crippen LogP contribution in [-0.4, -0.2) is 54.0 Å². The summed E-state index contributed by atoms with van der Waals surface area (Å²) in [5.74, 6) is -1.34. The van der Waals surface area contributed by atoms with Gasteiger partial charge in [0.15, 0.2) is 0 Å². The number of carboxylic acids is 1. The Bertz CT molecular complexity index is 593. The molecule has 0 atom stereocenters. The highest BCUT2D eigenvalue weighted by atomic mass is 16.4. The number of aliphatic carboxylic acids is 1. The first kappa shape index (κ1) is 18.9. The molecule has 0 spiro atoms. The summed E-state index contributed by atoms with van der Waals surface area (Å²) < 4.78 is 0. The van der Waals surface area contributed by atoms with Crippen molar-refractivity contribution in [2.75, 3.05) is 31.5 Å². The molecule has 7 heteroatoms. The molecule has 7 nitrogen and oxygen atoms in total. The zero-order valence-electron chi connectivity index (χ0n) is 14.3. The molecule has 1 aliphatic rings. The number of carboxylic acid groups (broad SMARTS) is 1. The molecular weight excluding hydrogens is 322 g/mol. The molecule has 0 aromatic heterocycles. The molecule has 1 aliphatic heterocycles. The van der Waals surface area contributed by atoms with Crippen LogP contribution in [0.15, 0.2) is 24.3 Å². The Hall–Kier alpha value is -2.41. The lowest BCUT2D eigenvalue weighted by Gasteiger charge is -2.19. The van der Waals surface area contributed by atoms with Crippen LogP contribution in [0.5, 0.6) is 0 Å². The predicted molar refractivity (Wildman–Crippen MR) is 94.6 cm³/mol. The van der Waals surface area contributed by atoms with Gasteiger partial charge < -0.3 is 15.7 Å². The highest BCUT2D eigenvalue weighted by Crippen LogP contribution is 2.12. The van der Waals surface area contributed by atoms with E-state index in [-0.39, 0.29) is 24.8 Å². The average molecular weight is 347 g/mol. The molecule has 0 unspecified atom stereocenters. The smallest absolute Gasteiger partial charge is 0.305 e. The lowest BCUT2D eigenvalue weighted by Crippen LogP contribution is -2.33. The van der Waals surface area contributed by atoms with Crippen molar-refractivity contribution in [3.05, 3.63) is 29.8 Å². The van der Waals surface area contributed by atoms with E-state index in [9.17, 15) is 14.4 Å². The predicted octanol–water partition coefficient (Wildman–Crippen LogP) is 1.71. The molecule has 2 rings (SSSR count).